The molecule has 0 N–H and O–H groups in total. The Morgan fingerprint density at radius 1 is 0.593 bits per heavy atom. The topological polar surface area (TPSA) is 36.5 Å². The maximum atomic E-state index is 6.22. The third kappa shape index (κ3) is 6.46. The van der Waals surface area contributed by atoms with Crippen LogP contribution in [-0.2, 0) is 21.1 Å². The fourth-order valence-electron chi connectivity index (χ4n) is 7.00. The first kappa shape index (κ1) is 34.7. The molecule has 2 aliphatic heterocycles. The van der Waals surface area contributed by atoms with Crippen molar-refractivity contribution in [3.05, 3.63) is 200 Å². The standard InChI is InChI=1S/C25H16NO2.C12H7O.C12H9.W/c1-2-3-11-21-20-15-27-23-14-17(16-8-5-4-6-9-16)13-19-18-10-7-12-22(28-21)24(18)26(20)25(19)23;1-3-7-11-9(5-1)10-6-2-4-8-12(10)13-11;1-3-7-11(8-4-1)12-9-5-2-6-10-12;/h2-3,5-14H,1,15H2;1-5,7-8H;1,3-10H;/q3*-1;/b11-3-;;;. The zero-order valence-electron chi connectivity index (χ0n) is 29.2. The molecule has 0 amide bonds. The first-order valence-corrected chi connectivity index (χ1v) is 17.5. The van der Waals surface area contributed by atoms with Crippen molar-refractivity contribution in [3.63, 3.8) is 0 Å². The molecule has 11 rings (SSSR count). The van der Waals surface area contributed by atoms with Crippen LogP contribution in [0.15, 0.2) is 187 Å². The minimum absolute atomic E-state index is 0. The molecule has 0 atom stereocenters. The number of fused-ring (bicyclic) bond motifs is 4. The summed E-state index contributed by atoms with van der Waals surface area (Å²) < 4.78 is 20.3. The Labute approximate surface area is 328 Å². The molecular weight excluding hydrogens is 834 g/mol. The van der Waals surface area contributed by atoms with Crippen LogP contribution in [0, 0.1) is 18.2 Å². The Morgan fingerprint density at radius 2 is 1.26 bits per heavy atom. The molecule has 0 saturated heterocycles. The van der Waals surface area contributed by atoms with Gasteiger partial charge in [0.2, 0.25) is 0 Å². The summed E-state index contributed by atoms with van der Waals surface area (Å²) in [7, 11) is 0. The number of benzene rings is 7. The van der Waals surface area contributed by atoms with Gasteiger partial charge in [-0.05, 0) is 41.5 Å². The first-order valence-electron chi connectivity index (χ1n) is 17.5. The van der Waals surface area contributed by atoms with Crippen LogP contribution in [0.4, 0.5) is 0 Å². The summed E-state index contributed by atoms with van der Waals surface area (Å²) in [6.07, 6.45) is 5.58. The van der Waals surface area contributed by atoms with Crippen LogP contribution in [0.1, 0.15) is 0 Å². The summed E-state index contributed by atoms with van der Waals surface area (Å²) in [4.78, 5) is 0. The zero-order chi connectivity index (χ0) is 35.6. The first-order chi connectivity index (χ1) is 26.3. The number of rotatable bonds is 4. The zero-order valence-corrected chi connectivity index (χ0v) is 32.1. The van der Waals surface area contributed by atoms with Gasteiger partial charge in [-0.2, -0.15) is 60.7 Å². The number of ether oxygens (including phenoxy) is 2. The van der Waals surface area contributed by atoms with Crippen molar-refractivity contribution in [1.82, 2.24) is 4.57 Å². The molecule has 0 aliphatic carbocycles. The van der Waals surface area contributed by atoms with E-state index in [9.17, 15) is 0 Å². The molecule has 260 valence electrons. The Kier molecular flexibility index (Phi) is 9.85. The van der Waals surface area contributed by atoms with Crippen molar-refractivity contribution in [2.24, 2.45) is 0 Å². The molecular formula is C49H32NO3W-3. The second kappa shape index (κ2) is 15.3. The van der Waals surface area contributed by atoms with Crippen LogP contribution in [0.3, 0.4) is 0 Å². The number of hydrogen-bond acceptors (Lipinski definition) is 3. The number of nitrogens with zero attached hydrogens (tertiary/aromatic N) is 1. The molecule has 0 bridgehead atoms. The smallest absolute Gasteiger partial charge is 0.152 e. The summed E-state index contributed by atoms with van der Waals surface area (Å²) >= 11 is 0. The van der Waals surface area contributed by atoms with Crippen molar-refractivity contribution in [2.75, 3.05) is 6.61 Å². The molecule has 5 heteroatoms. The average Bonchev–Trinajstić information content (AvgIpc) is 3.79. The molecule has 0 unspecified atom stereocenters. The largest absolute Gasteiger partial charge is 0.510 e. The molecule has 0 saturated carbocycles. The summed E-state index contributed by atoms with van der Waals surface area (Å²) in [6, 6.07) is 60.0. The minimum atomic E-state index is 0. The van der Waals surface area contributed by atoms with Gasteiger partial charge in [0.15, 0.2) is 11.5 Å². The molecule has 0 spiro atoms. The average molecular weight is 867 g/mol. The second-order valence-electron chi connectivity index (χ2n) is 12.6. The quantitative estimate of drug-likeness (QED) is 0.131. The van der Waals surface area contributed by atoms with E-state index >= 15 is 0 Å². The van der Waals surface area contributed by atoms with Crippen LogP contribution < -0.4 is 9.47 Å². The molecule has 0 radical (unpaired) electrons. The van der Waals surface area contributed by atoms with E-state index < -0.39 is 0 Å². The van der Waals surface area contributed by atoms with Crippen molar-refractivity contribution >= 4 is 49.4 Å². The van der Waals surface area contributed by atoms with Crippen molar-refractivity contribution in [2.45, 2.75) is 0 Å². The molecule has 2 aliphatic rings. The SMILES string of the molecule is C=C/C=C\C1=C2COc3cc(-c4cc[c-]cc4)cc4c5cccc(c5n2c34)O1.[W].[c-]1ccc(-c2ccccc2)cc1.[c-]1cccc2oc3ccccc3c12. The molecule has 54 heavy (non-hydrogen) atoms. The minimum Gasteiger partial charge on any atom is -0.510 e. The van der Waals surface area contributed by atoms with Crippen LogP contribution in [0.25, 0.3) is 71.7 Å². The van der Waals surface area contributed by atoms with Crippen molar-refractivity contribution < 1.29 is 35.0 Å². The number of furan rings is 1. The second-order valence-corrected chi connectivity index (χ2v) is 12.6. The van der Waals surface area contributed by atoms with Gasteiger partial charge < -0.3 is 13.9 Å². The van der Waals surface area contributed by atoms with Crippen LogP contribution in [-0.4, -0.2) is 11.2 Å². The van der Waals surface area contributed by atoms with Gasteiger partial charge in [-0.1, -0.05) is 90.2 Å². The number of hydrogen-bond donors (Lipinski definition) is 0. The van der Waals surface area contributed by atoms with E-state index in [1.54, 1.807) is 6.08 Å². The van der Waals surface area contributed by atoms with E-state index in [0.717, 1.165) is 67.1 Å². The van der Waals surface area contributed by atoms with E-state index in [1.165, 1.54) is 21.9 Å². The van der Waals surface area contributed by atoms with Crippen molar-refractivity contribution in [1.29, 1.82) is 0 Å². The van der Waals surface area contributed by atoms with Gasteiger partial charge in [-0.15, -0.1) is 35.4 Å². The molecule has 9 aromatic rings. The Bertz CT molecular complexity index is 2730. The van der Waals surface area contributed by atoms with E-state index in [-0.39, 0.29) is 21.1 Å². The maximum absolute atomic E-state index is 6.22. The number of para-hydroxylation sites is 2. The normalized spacial score (nSPS) is 12.4. The summed E-state index contributed by atoms with van der Waals surface area (Å²) in [5.74, 6) is 2.57. The van der Waals surface area contributed by atoms with Crippen molar-refractivity contribution in [3.8, 4) is 33.8 Å². The molecule has 0 fully saturated rings. The van der Waals surface area contributed by atoms with E-state index in [0.29, 0.717) is 6.61 Å². The monoisotopic (exact) mass is 866 g/mol. The molecule has 4 nitrogen and oxygen atoms in total. The summed E-state index contributed by atoms with van der Waals surface area (Å²) in [5, 5.41) is 4.55. The third-order valence-electron chi connectivity index (χ3n) is 9.40. The predicted molar refractivity (Wildman–Crippen MR) is 216 cm³/mol. The van der Waals surface area contributed by atoms with Gasteiger partial charge in [0.25, 0.3) is 0 Å². The fraction of sp³-hybridized carbons (Fsp3) is 0.0204. The van der Waals surface area contributed by atoms with E-state index in [2.05, 4.69) is 90.0 Å². The van der Waals surface area contributed by atoms with Gasteiger partial charge in [0, 0.05) is 37.4 Å². The molecule has 7 aromatic carbocycles. The number of allylic oxidation sites excluding steroid dienone is 3. The van der Waals surface area contributed by atoms with Crippen LogP contribution >= 0.6 is 0 Å². The predicted octanol–water partition coefficient (Wildman–Crippen LogP) is 12.5. The Hall–Kier alpha value is -6.35. The maximum Gasteiger partial charge on any atom is 0.152 e. The third-order valence-corrected chi connectivity index (χ3v) is 9.40. The van der Waals surface area contributed by atoms with Crippen LogP contribution in [0.2, 0.25) is 0 Å². The van der Waals surface area contributed by atoms with Crippen LogP contribution in [0.5, 0.6) is 11.5 Å². The fourth-order valence-corrected chi connectivity index (χ4v) is 7.00. The van der Waals surface area contributed by atoms with E-state index in [1.807, 2.05) is 103 Å². The Morgan fingerprint density at radius 3 is 2.04 bits per heavy atom. The van der Waals surface area contributed by atoms with E-state index in [4.69, 9.17) is 13.9 Å². The van der Waals surface area contributed by atoms with Gasteiger partial charge >= 0.3 is 0 Å². The van der Waals surface area contributed by atoms with Gasteiger partial charge in [0.05, 0.1) is 16.6 Å². The number of aromatic nitrogens is 1. The molecule has 4 heterocycles. The summed E-state index contributed by atoms with van der Waals surface area (Å²) in [5.41, 5.74) is 9.85. The Balaban J connectivity index is 0.000000132. The van der Waals surface area contributed by atoms with Gasteiger partial charge in [0.1, 0.15) is 18.1 Å². The summed E-state index contributed by atoms with van der Waals surface area (Å²) in [6.45, 7) is 4.23. The molecule has 2 aromatic heterocycles. The van der Waals surface area contributed by atoms with Gasteiger partial charge in [-0.25, -0.2) is 0 Å². The van der Waals surface area contributed by atoms with Gasteiger partial charge in [-0.3, -0.25) is 4.57 Å².